The Morgan fingerprint density at radius 3 is 2.94 bits per heavy atom. The molecule has 1 N–H and O–H groups in total. The maximum absolute atomic E-state index is 5.94. The Labute approximate surface area is 104 Å². The SMILES string of the molecule is COc1ccc(Cl)cc1CNc1nnnn1C. The van der Waals surface area contributed by atoms with Gasteiger partial charge in [0, 0.05) is 24.2 Å². The molecule has 1 aromatic carbocycles. The predicted octanol–water partition coefficient (Wildman–Crippen LogP) is 1.48. The van der Waals surface area contributed by atoms with E-state index < -0.39 is 0 Å². The number of hydrogen-bond donors (Lipinski definition) is 1. The van der Waals surface area contributed by atoms with E-state index >= 15 is 0 Å². The van der Waals surface area contributed by atoms with Gasteiger partial charge in [-0.15, -0.1) is 0 Å². The Bertz CT molecular complexity index is 513. The van der Waals surface area contributed by atoms with E-state index in [9.17, 15) is 0 Å². The number of rotatable bonds is 4. The first-order valence-corrected chi connectivity index (χ1v) is 5.37. The minimum absolute atomic E-state index is 0.540. The van der Waals surface area contributed by atoms with Gasteiger partial charge in [-0.3, -0.25) is 0 Å². The van der Waals surface area contributed by atoms with Gasteiger partial charge in [0.15, 0.2) is 0 Å². The van der Waals surface area contributed by atoms with Crippen LogP contribution in [0.15, 0.2) is 18.2 Å². The molecule has 0 unspecified atom stereocenters. The summed E-state index contributed by atoms with van der Waals surface area (Å²) in [7, 11) is 3.38. The topological polar surface area (TPSA) is 64.9 Å². The fraction of sp³-hybridized carbons (Fsp3) is 0.300. The number of benzene rings is 1. The summed E-state index contributed by atoms with van der Waals surface area (Å²) in [5, 5.41) is 14.9. The Morgan fingerprint density at radius 1 is 1.47 bits per heavy atom. The van der Waals surface area contributed by atoms with Crippen LogP contribution in [0.5, 0.6) is 5.75 Å². The molecule has 0 bridgehead atoms. The summed E-state index contributed by atoms with van der Waals surface area (Å²) in [5.41, 5.74) is 0.947. The molecule has 17 heavy (non-hydrogen) atoms. The highest BCUT2D eigenvalue weighted by Gasteiger charge is 2.06. The number of nitrogens with one attached hydrogen (secondary N) is 1. The van der Waals surface area contributed by atoms with E-state index in [0.29, 0.717) is 17.5 Å². The number of tetrazole rings is 1. The third kappa shape index (κ3) is 2.65. The van der Waals surface area contributed by atoms with Crippen molar-refractivity contribution in [2.45, 2.75) is 6.54 Å². The van der Waals surface area contributed by atoms with Crippen LogP contribution >= 0.6 is 11.6 Å². The standard InChI is InChI=1S/C10H12ClN5O/c1-16-10(13-14-15-16)12-6-7-5-8(11)3-4-9(7)17-2/h3-5H,6H2,1-2H3,(H,12,13,15). The fourth-order valence-corrected chi connectivity index (χ4v) is 1.63. The van der Waals surface area contributed by atoms with E-state index in [1.807, 2.05) is 12.1 Å². The summed E-state index contributed by atoms with van der Waals surface area (Å²) in [6, 6.07) is 5.46. The summed E-state index contributed by atoms with van der Waals surface area (Å²) in [4.78, 5) is 0. The fourth-order valence-electron chi connectivity index (χ4n) is 1.44. The average Bonchev–Trinajstić information content (AvgIpc) is 2.72. The molecule has 90 valence electrons. The number of ether oxygens (including phenoxy) is 1. The lowest BCUT2D eigenvalue weighted by Crippen LogP contribution is -2.06. The van der Waals surface area contributed by atoms with Crippen molar-refractivity contribution in [1.29, 1.82) is 0 Å². The molecule has 0 aliphatic heterocycles. The van der Waals surface area contributed by atoms with Crippen molar-refractivity contribution in [3.8, 4) is 5.75 Å². The number of nitrogens with zero attached hydrogens (tertiary/aromatic N) is 4. The van der Waals surface area contributed by atoms with Crippen LogP contribution in [0.25, 0.3) is 0 Å². The monoisotopic (exact) mass is 253 g/mol. The van der Waals surface area contributed by atoms with E-state index in [4.69, 9.17) is 16.3 Å². The van der Waals surface area contributed by atoms with Crippen LogP contribution in [0, 0.1) is 0 Å². The molecule has 1 aromatic heterocycles. The van der Waals surface area contributed by atoms with Crippen LogP contribution < -0.4 is 10.1 Å². The summed E-state index contributed by atoms with van der Waals surface area (Å²) < 4.78 is 6.80. The van der Waals surface area contributed by atoms with E-state index in [0.717, 1.165) is 11.3 Å². The number of methoxy groups -OCH3 is 1. The molecule has 0 fully saturated rings. The van der Waals surface area contributed by atoms with Crippen molar-refractivity contribution in [3.63, 3.8) is 0 Å². The minimum Gasteiger partial charge on any atom is -0.496 e. The maximum atomic E-state index is 5.94. The Balaban J connectivity index is 2.13. The summed E-state index contributed by atoms with van der Waals surface area (Å²) in [5.74, 6) is 1.36. The van der Waals surface area contributed by atoms with Gasteiger partial charge in [-0.25, -0.2) is 4.68 Å². The summed E-state index contributed by atoms with van der Waals surface area (Å²) in [6.45, 7) is 0.540. The molecule has 2 rings (SSSR count). The van der Waals surface area contributed by atoms with Crippen LogP contribution in [0.3, 0.4) is 0 Å². The summed E-state index contributed by atoms with van der Waals surface area (Å²) >= 11 is 5.94. The Hall–Kier alpha value is -1.82. The van der Waals surface area contributed by atoms with Gasteiger partial charge in [-0.05, 0) is 28.6 Å². The molecular weight excluding hydrogens is 242 g/mol. The van der Waals surface area contributed by atoms with Crippen LogP contribution in [0.4, 0.5) is 5.95 Å². The molecule has 0 amide bonds. The highest BCUT2D eigenvalue weighted by Crippen LogP contribution is 2.23. The van der Waals surface area contributed by atoms with Crippen LogP contribution in [0.1, 0.15) is 5.56 Å². The zero-order chi connectivity index (χ0) is 12.3. The van der Waals surface area contributed by atoms with Gasteiger partial charge < -0.3 is 10.1 Å². The molecule has 0 saturated carbocycles. The number of aromatic nitrogens is 4. The van der Waals surface area contributed by atoms with Gasteiger partial charge in [-0.1, -0.05) is 16.7 Å². The smallest absolute Gasteiger partial charge is 0.242 e. The van der Waals surface area contributed by atoms with E-state index in [1.165, 1.54) is 0 Å². The Kier molecular flexibility index (Phi) is 3.43. The molecule has 0 aliphatic rings. The first-order chi connectivity index (χ1) is 8.20. The van der Waals surface area contributed by atoms with Gasteiger partial charge in [0.1, 0.15) is 5.75 Å². The summed E-state index contributed by atoms with van der Waals surface area (Å²) in [6.07, 6.45) is 0. The lowest BCUT2D eigenvalue weighted by atomic mass is 10.2. The van der Waals surface area contributed by atoms with Crippen molar-refractivity contribution in [2.24, 2.45) is 7.05 Å². The van der Waals surface area contributed by atoms with Gasteiger partial charge in [0.05, 0.1) is 7.11 Å². The van der Waals surface area contributed by atoms with Crippen LogP contribution in [0.2, 0.25) is 5.02 Å². The van der Waals surface area contributed by atoms with Gasteiger partial charge >= 0.3 is 0 Å². The minimum atomic E-state index is 0.540. The van der Waals surface area contributed by atoms with Gasteiger partial charge in [0.25, 0.3) is 0 Å². The molecule has 6 nitrogen and oxygen atoms in total. The average molecular weight is 254 g/mol. The molecular formula is C10H12ClN5O. The normalized spacial score (nSPS) is 10.3. The second kappa shape index (κ2) is 5.01. The van der Waals surface area contributed by atoms with Crippen molar-refractivity contribution < 1.29 is 4.74 Å². The van der Waals surface area contributed by atoms with Crippen molar-refractivity contribution in [2.75, 3.05) is 12.4 Å². The predicted molar refractivity (Wildman–Crippen MR) is 64.1 cm³/mol. The molecule has 2 aromatic rings. The molecule has 1 heterocycles. The van der Waals surface area contributed by atoms with Crippen LogP contribution in [-0.2, 0) is 13.6 Å². The Morgan fingerprint density at radius 2 is 2.29 bits per heavy atom. The largest absolute Gasteiger partial charge is 0.496 e. The lowest BCUT2D eigenvalue weighted by Gasteiger charge is -2.09. The van der Waals surface area contributed by atoms with E-state index in [2.05, 4.69) is 20.8 Å². The first-order valence-electron chi connectivity index (χ1n) is 4.99. The number of anilines is 1. The highest BCUT2D eigenvalue weighted by atomic mass is 35.5. The van der Waals surface area contributed by atoms with E-state index in [-0.39, 0.29) is 0 Å². The molecule has 0 aliphatic carbocycles. The number of aryl methyl sites for hydroxylation is 1. The second-order valence-electron chi connectivity index (χ2n) is 3.44. The van der Waals surface area contributed by atoms with Crippen molar-refractivity contribution in [3.05, 3.63) is 28.8 Å². The highest BCUT2D eigenvalue weighted by molar-refractivity contribution is 6.30. The quantitative estimate of drug-likeness (QED) is 0.894. The molecule has 0 atom stereocenters. The van der Waals surface area contributed by atoms with Crippen molar-refractivity contribution >= 4 is 17.5 Å². The van der Waals surface area contributed by atoms with Gasteiger partial charge in [-0.2, -0.15) is 0 Å². The first kappa shape index (κ1) is 11.7. The molecule has 0 spiro atoms. The number of hydrogen-bond acceptors (Lipinski definition) is 5. The lowest BCUT2D eigenvalue weighted by molar-refractivity contribution is 0.410. The molecule has 0 radical (unpaired) electrons. The molecule has 7 heteroatoms. The molecule has 0 saturated heterocycles. The zero-order valence-corrected chi connectivity index (χ0v) is 10.3. The number of halogens is 1. The van der Waals surface area contributed by atoms with E-state index in [1.54, 1.807) is 24.9 Å². The third-order valence-electron chi connectivity index (χ3n) is 2.30. The maximum Gasteiger partial charge on any atom is 0.242 e. The second-order valence-corrected chi connectivity index (χ2v) is 3.87. The van der Waals surface area contributed by atoms with Crippen LogP contribution in [-0.4, -0.2) is 27.3 Å². The third-order valence-corrected chi connectivity index (χ3v) is 2.53. The van der Waals surface area contributed by atoms with Gasteiger partial charge in [0.2, 0.25) is 5.95 Å². The zero-order valence-electron chi connectivity index (χ0n) is 9.51. The van der Waals surface area contributed by atoms with Crippen molar-refractivity contribution in [1.82, 2.24) is 20.2 Å².